The van der Waals surface area contributed by atoms with Gasteiger partial charge < -0.3 is 4.74 Å². The topological polar surface area (TPSA) is 46.7 Å². The number of epoxide rings is 1. The van der Waals surface area contributed by atoms with Gasteiger partial charge in [-0.2, -0.15) is 0 Å². The fourth-order valence-corrected chi connectivity index (χ4v) is 2.28. The van der Waals surface area contributed by atoms with Crippen LogP contribution in [0.1, 0.15) is 27.6 Å². The van der Waals surface area contributed by atoms with Gasteiger partial charge in [-0.15, -0.1) is 0 Å². The van der Waals surface area contributed by atoms with Gasteiger partial charge in [0.05, 0.1) is 0 Å². The van der Waals surface area contributed by atoms with Crippen molar-refractivity contribution in [2.24, 2.45) is 0 Å². The number of ether oxygens (including phenoxy) is 1. The SMILES string of the molecule is CC=CC12OC1C(=O)c1ccccc1C2=O. The zero-order chi connectivity index (χ0) is 11.3. The van der Waals surface area contributed by atoms with E-state index in [9.17, 15) is 9.59 Å². The first-order valence-electron chi connectivity index (χ1n) is 5.20. The van der Waals surface area contributed by atoms with Crippen molar-refractivity contribution in [3.8, 4) is 0 Å². The third-order valence-electron chi connectivity index (χ3n) is 3.09. The van der Waals surface area contributed by atoms with Crippen molar-refractivity contribution in [1.29, 1.82) is 0 Å². The highest BCUT2D eigenvalue weighted by Crippen LogP contribution is 2.47. The van der Waals surface area contributed by atoms with Crippen LogP contribution in [0, 0.1) is 0 Å². The number of allylic oxidation sites excluding steroid dienone is 1. The largest absolute Gasteiger partial charge is 0.344 e. The Morgan fingerprint density at radius 2 is 1.94 bits per heavy atom. The molecule has 80 valence electrons. The van der Waals surface area contributed by atoms with Gasteiger partial charge in [0.1, 0.15) is 0 Å². The molecule has 16 heavy (non-hydrogen) atoms. The van der Waals surface area contributed by atoms with E-state index in [0.717, 1.165) is 0 Å². The highest BCUT2D eigenvalue weighted by molar-refractivity contribution is 6.23. The molecule has 3 heteroatoms. The molecule has 1 heterocycles. The van der Waals surface area contributed by atoms with Crippen molar-refractivity contribution in [3.05, 3.63) is 47.5 Å². The zero-order valence-corrected chi connectivity index (χ0v) is 8.77. The molecule has 1 saturated heterocycles. The molecule has 0 amide bonds. The van der Waals surface area contributed by atoms with E-state index in [0.29, 0.717) is 11.1 Å². The lowest BCUT2D eigenvalue weighted by molar-refractivity contribution is 0.0892. The van der Waals surface area contributed by atoms with E-state index in [-0.39, 0.29) is 11.6 Å². The summed E-state index contributed by atoms with van der Waals surface area (Å²) in [6.07, 6.45) is 2.82. The number of ketones is 2. The number of fused-ring (bicyclic) bond motifs is 2. The maximum Gasteiger partial charge on any atom is 0.202 e. The van der Waals surface area contributed by atoms with E-state index < -0.39 is 11.7 Å². The summed E-state index contributed by atoms with van der Waals surface area (Å²) in [5, 5.41) is 0. The minimum absolute atomic E-state index is 0.0895. The first-order chi connectivity index (χ1) is 7.70. The van der Waals surface area contributed by atoms with Crippen molar-refractivity contribution in [2.75, 3.05) is 0 Å². The van der Waals surface area contributed by atoms with Crippen LogP contribution in [-0.4, -0.2) is 23.3 Å². The van der Waals surface area contributed by atoms with Gasteiger partial charge in [-0.1, -0.05) is 30.3 Å². The maximum atomic E-state index is 12.2. The summed E-state index contributed by atoms with van der Waals surface area (Å²) in [6, 6.07) is 6.88. The highest BCUT2D eigenvalue weighted by Gasteiger charge is 2.67. The van der Waals surface area contributed by atoms with Gasteiger partial charge in [0.25, 0.3) is 0 Å². The quantitative estimate of drug-likeness (QED) is 0.528. The van der Waals surface area contributed by atoms with Crippen LogP contribution in [0.4, 0.5) is 0 Å². The molecule has 1 aliphatic carbocycles. The average molecular weight is 214 g/mol. The Morgan fingerprint density at radius 3 is 2.62 bits per heavy atom. The number of Topliss-reactive ketones (excluding diaryl/α,β-unsaturated/α-hetero) is 2. The van der Waals surface area contributed by atoms with Crippen LogP contribution in [0.2, 0.25) is 0 Å². The first-order valence-corrected chi connectivity index (χ1v) is 5.20. The molecule has 0 N–H and O–H groups in total. The van der Waals surface area contributed by atoms with Crippen LogP contribution in [-0.2, 0) is 4.74 Å². The molecular formula is C13H10O3. The van der Waals surface area contributed by atoms with Gasteiger partial charge in [-0.3, -0.25) is 9.59 Å². The predicted octanol–water partition coefficient (Wildman–Crippen LogP) is 1.78. The standard InChI is InChI=1S/C13H10O3/c1-2-7-13-11(15)9-6-4-3-5-8(9)10(14)12(13)16-13/h2-7,12H,1H3. The van der Waals surface area contributed by atoms with E-state index in [2.05, 4.69) is 0 Å². The monoisotopic (exact) mass is 214 g/mol. The Labute approximate surface area is 92.7 Å². The lowest BCUT2D eigenvalue weighted by Gasteiger charge is -2.15. The summed E-state index contributed by atoms with van der Waals surface area (Å²) >= 11 is 0. The third kappa shape index (κ3) is 0.959. The van der Waals surface area contributed by atoms with Crippen LogP contribution < -0.4 is 0 Å². The number of hydrogen-bond acceptors (Lipinski definition) is 3. The van der Waals surface area contributed by atoms with E-state index in [1.54, 1.807) is 36.4 Å². The molecule has 0 spiro atoms. The average Bonchev–Trinajstić information content (AvgIpc) is 3.03. The van der Waals surface area contributed by atoms with E-state index in [4.69, 9.17) is 4.74 Å². The minimum Gasteiger partial charge on any atom is -0.344 e. The van der Waals surface area contributed by atoms with E-state index in [1.807, 2.05) is 6.92 Å². The summed E-state index contributed by atoms with van der Waals surface area (Å²) in [4.78, 5) is 24.2. The zero-order valence-electron chi connectivity index (χ0n) is 8.77. The lowest BCUT2D eigenvalue weighted by Crippen LogP contribution is -2.35. The molecule has 2 aliphatic rings. The molecule has 2 atom stereocenters. The second kappa shape index (κ2) is 2.89. The summed E-state index contributed by atoms with van der Waals surface area (Å²) in [6.45, 7) is 1.81. The summed E-state index contributed by atoms with van der Waals surface area (Å²) < 4.78 is 5.33. The molecule has 0 bridgehead atoms. The van der Waals surface area contributed by atoms with Crippen molar-refractivity contribution in [2.45, 2.75) is 18.6 Å². The van der Waals surface area contributed by atoms with Crippen LogP contribution in [0.15, 0.2) is 36.4 Å². The normalized spacial score (nSPS) is 31.4. The molecule has 3 nitrogen and oxygen atoms in total. The van der Waals surface area contributed by atoms with Crippen molar-refractivity contribution < 1.29 is 14.3 Å². The van der Waals surface area contributed by atoms with Gasteiger partial charge in [0.15, 0.2) is 17.5 Å². The van der Waals surface area contributed by atoms with Crippen LogP contribution in [0.3, 0.4) is 0 Å². The molecule has 3 rings (SSSR count). The summed E-state index contributed by atoms with van der Waals surface area (Å²) in [5.74, 6) is -0.195. The Kier molecular flexibility index (Phi) is 1.71. The van der Waals surface area contributed by atoms with Crippen molar-refractivity contribution in [1.82, 2.24) is 0 Å². The Hall–Kier alpha value is -1.74. The molecule has 1 fully saturated rings. The lowest BCUT2D eigenvalue weighted by atomic mass is 9.81. The third-order valence-corrected chi connectivity index (χ3v) is 3.09. The fourth-order valence-electron chi connectivity index (χ4n) is 2.28. The molecule has 0 aromatic heterocycles. The number of benzene rings is 1. The maximum absolute atomic E-state index is 12.2. The minimum atomic E-state index is -1.000. The molecule has 1 aromatic rings. The fraction of sp³-hybridized carbons (Fsp3) is 0.231. The number of rotatable bonds is 1. The van der Waals surface area contributed by atoms with Gasteiger partial charge >= 0.3 is 0 Å². The van der Waals surface area contributed by atoms with Gasteiger partial charge in [-0.05, 0) is 13.0 Å². The summed E-state index contributed by atoms with van der Waals surface area (Å²) in [7, 11) is 0. The smallest absolute Gasteiger partial charge is 0.202 e. The molecule has 0 radical (unpaired) electrons. The van der Waals surface area contributed by atoms with E-state index in [1.165, 1.54) is 0 Å². The molecule has 2 unspecified atom stereocenters. The molecule has 1 aliphatic heterocycles. The molecular weight excluding hydrogens is 204 g/mol. The van der Waals surface area contributed by atoms with Crippen molar-refractivity contribution in [3.63, 3.8) is 0 Å². The van der Waals surface area contributed by atoms with Crippen LogP contribution in [0.5, 0.6) is 0 Å². The first kappa shape index (κ1) is 9.48. The van der Waals surface area contributed by atoms with Gasteiger partial charge in [-0.25, -0.2) is 0 Å². The number of carbonyl (C=O) groups is 2. The molecule has 1 aromatic carbocycles. The van der Waals surface area contributed by atoms with Crippen molar-refractivity contribution >= 4 is 11.6 Å². The Bertz CT molecular complexity index is 530. The summed E-state index contributed by atoms with van der Waals surface area (Å²) in [5.41, 5.74) is -0.0466. The van der Waals surface area contributed by atoms with E-state index >= 15 is 0 Å². The van der Waals surface area contributed by atoms with Crippen LogP contribution >= 0.6 is 0 Å². The van der Waals surface area contributed by atoms with Gasteiger partial charge in [0.2, 0.25) is 5.78 Å². The molecule has 0 saturated carbocycles. The Balaban J connectivity index is 2.19. The highest BCUT2D eigenvalue weighted by atomic mass is 16.6. The number of hydrogen-bond donors (Lipinski definition) is 0. The number of carbonyl (C=O) groups excluding carboxylic acids is 2. The van der Waals surface area contributed by atoms with Gasteiger partial charge in [0, 0.05) is 11.1 Å². The second-order valence-corrected chi connectivity index (χ2v) is 4.03. The predicted molar refractivity (Wildman–Crippen MR) is 57.5 cm³/mol. The van der Waals surface area contributed by atoms with Crippen LogP contribution in [0.25, 0.3) is 0 Å². The second-order valence-electron chi connectivity index (χ2n) is 4.03. The Morgan fingerprint density at radius 1 is 1.25 bits per heavy atom.